The molecule has 0 unspecified atom stereocenters. The van der Waals surface area contributed by atoms with Crippen LogP contribution in [0.3, 0.4) is 0 Å². The Kier molecular flexibility index (Phi) is 6.33. The summed E-state index contributed by atoms with van der Waals surface area (Å²) in [6, 6.07) is 23.4. The van der Waals surface area contributed by atoms with Crippen LogP contribution in [0.15, 0.2) is 78.9 Å². The fraction of sp³-hybridized carbons (Fsp3) is 0.0800. The van der Waals surface area contributed by atoms with Gasteiger partial charge in [-0.25, -0.2) is 9.78 Å². The van der Waals surface area contributed by atoms with Gasteiger partial charge in [0.1, 0.15) is 5.75 Å². The first-order chi connectivity index (χ1) is 15.5. The van der Waals surface area contributed by atoms with E-state index in [0.717, 1.165) is 5.56 Å². The third-order valence-electron chi connectivity index (χ3n) is 4.76. The zero-order valence-corrected chi connectivity index (χ0v) is 17.9. The largest absolute Gasteiger partial charge is 0.481 e. The van der Waals surface area contributed by atoms with Gasteiger partial charge in [-0.3, -0.25) is 4.79 Å². The molecule has 1 N–H and O–H groups in total. The number of halogens is 1. The highest BCUT2D eigenvalue weighted by molar-refractivity contribution is 6.31. The molecule has 32 heavy (non-hydrogen) atoms. The highest BCUT2D eigenvalue weighted by atomic mass is 35.5. The summed E-state index contributed by atoms with van der Waals surface area (Å²) in [5.74, 6) is -0.336. The summed E-state index contributed by atoms with van der Waals surface area (Å²) in [5.41, 5.74) is 3.27. The molecule has 0 saturated carbocycles. The van der Waals surface area contributed by atoms with Gasteiger partial charge in [0, 0.05) is 33.3 Å². The number of esters is 1. The molecule has 3 aromatic carbocycles. The quantitative estimate of drug-likeness (QED) is 0.403. The lowest BCUT2D eigenvalue weighted by atomic mass is 10.1. The van der Waals surface area contributed by atoms with Crippen LogP contribution in [-0.4, -0.2) is 30.6 Å². The van der Waals surface area contributed by atoms with E-state index in [0.29, 0.717) is 38.6 Å². The number of carbonyl (C=O) groups is 2. The number of fused-ring (bicyclic) bond motifs is 1. The van der Waals surface area contributed by atoms with Crippen molar-refractivity contribution in [3.05, 3.63) is 89.4 Å². The Hall–Kier alpha value is -3.90. The number of amides is 1. The highest BCUT2D eigenvalue weighted by Crippen LogP contribution is 2.32. The molecule has 4 rings (SSSR count). The molecule has 1 heterocycles. The number of aromatic nitrogens is 1. The van der Waals surface area contributed by atoms with Gasteiger partial charge in [-0.1, -0.05) is 48.0 Å². The van der Waals surface area contributed by atoms with E-state index in [1.54, 1.807) is 48.5 Å². The van der Waals surface area contributed by atoms with Crippen molar-refractivity contribution in [3.8, 4) is 17.0 Å². The van der Waals surface area contributed by atoms with Gasteiger partial charge < -0.3 is 14.8 Å². The number of hydrogen-bond acceptors (Lipinski definition) is 5. The number of nitrogens with one attached hydrogen (secondary N) is 1. The fourth-order valence-corrected chi connectivity index (χ4v) is 3.37. The number of pyridine rings is 1. The number of anilines is 1. The molecule has 1 aromatic heterocycles. The maximum absolute atomic E-state index is 12.6. The van der Waals surface area contributed by atoms with Gasteiger partial charge in [0.25, 0.3) is 5.91 Å². The van der Waals surface area contributed by atoms with E-state index in [9.17, 15) is 9.59 Å². The van der Waals surface area contributed by atoms with Crippen molar-refractivity contribution >= 4 is 40.1 Å². The standard InChI is InChI=1S/C25H19ClN2O4/c1-31-24(29)15-32-23-14-22(16-6-3-2-4-7-16)28-21-11-10-19(13-20(21)23)27-25(30)17-8-5-9-18(26)12-17/h2-14H,15H2,1H3,(H,27,30). The van der Waals surface area contributed by atoms with Gasteiger partial charge in [-0.15, -0.1) is 0 Å². The SMILES string of the molecule is COC(=O)COc1cc(-c2ccccc2)nc2ccc(NC(=O)c3cccc(Cl)c3)cc12. The summed E-state index contributed by atoms with van der Waals surface area (Å²) >= 11 is 5.99. The molecule has 7 heteroatoms. The second-order valence-electron chi connectivity index (χ2n) is 6.93. The van der Waals surface area contributed by atoms with Gasteiger partial charge in [0.2, 0.25) is 0 Å². The molecule has 0 atom stereocenters. The first kappa shape index (κ1) is 21.3. The zero-order valence-electron chi connectivity index (χ0n) is 17.2. The summed E-state index contributed by atoms with van der Waals surface area (Å²) < 4.78 is 10.4. The average Bonchev–Trinajstić information content (AvgIpc) is 2.82. The van der Waals surface area contributed by atoms with Crippen LogP contribution in [-0.2, 0) is 9.53 Å². The van der Waals surface area contributed by atoms with E-state index in [2.05, 4.69) is 10.1 Å². The molecule has 0 bridgehead atoms. The van der Waals surface area contributed by atoms with Crippen molar-refractivity contribution in [1.82, 2.24) is 4.98 Å². The maximum Gasteiger partial charge on any atom is 0.343 e. The molecule has 4 aromatic rings. The molecule has 0 aliphatic rings. The number of carbonyl (C=O) groups excluding carboxylic acids is 2. The smallest absolute Gasteiger partial charge is 0.343 e. The molecule has 0 fully saturated rings. The first-order valence-electron chi connectivity index (χ1n) is 9.80. The predicted octanol–water partition coefficient (Wildman–Crippen LogP) is 5.36. The van der Waals surface area contributed by atoms with Crippen LogP contribution in [0.4, 0.5) is 5.69 Å². The van der Waals surface area contributed by atoms with Crippen LogP contribution < -0.4 is 10.1 Å². The van der Waals surface area contributed by atoms with Crippen LogP contribution in [0.2, 0.25) is 5.02 Å². The molecule has 0 spiro atoms. The third-order valence-corrected chi connectivity index (χ3v) is 4.99. The molecule has 160 valence electrons. The summed E-state index contributed by atoms with van der Waals surface area (Å²) in [6.07, 6.45) is 0. The van der Waals surface area contributed by atoms with Crippen molar-refractivity contribution in [2.24, 2.45) is 0 Å². The van der Waals surface area contributed by atoms with Crippen LogP contribution in [0.25, 0.3) is 22.2 Å². The lowest BCUT2D eigenvalue weighted by molar-refractivity contribution is -0.142. The van der Waals surface area contributed by atoms with Gasteiger partial charge in [-0.05, 0) is 36.4 Å². The number of nitrogens with zero attached hydrogens (tertiary/aromatic N) is 1. The van der Waals surface area contributed by atoms with Crippen LogP contribution >= 0.6 is 11.6 Å². The summed E-state index contributed by atoms with van der Waals surface area (Å²) in [5, 5.41) is 3.98. The minimum Gasteiger partial charge on any atom is -0.481 e. The van der Waals surface area contributed by atoms with Gasteiger partial charge in [-0.2, -0.15) is 0 Å². The third kappa shape index (κ3) is 4.87. The Labute approximate surface area is 189 Å². The summed E-state index contributed by atoms with van der Waals surface area (Å²) in [4.78, 5) is 29.0. The Morgan fingerprint density at radius 2 is 1.78 bits per heavy atom. The van der Waals surface area contributed by atoms with E-state index in [-0.39, 0.29) is 12.5 Å². The van der Waals surface area contributed by atoms with E-state index in [1.165, 1.54) is 7.11 Å². The minimum atomic E-state index is -0.498. The zero-order chi connectivity index (χ0) is 22.5. The second kappa shape index (κ2) is 9.49. The van der Waals surface area contributed by atoms with Crippen molar-refractivity contribution in [1.29, 1.82) is 0 Å². The van der Waals surface area contributed by atoms with E-state index >= 15 is 0 Å². The minimum absolute atomic E-state index is 0.247. The lowest BCUT2D eigenvalue weighted by Crippen LogP contribution is -2.13. The monoisotopic (exact) mass is 446 g/mol. The highest BCUT2D eigenvalue weighted by Gasteiger charge is 2.13. The molecule has 1 amide bonds. The fourth-order valence-electron chi connectivity index (χ4n) is 3.18. The number of benzene rings is 3. The first-order valence-corrected chi connectivity index (χ1v) is 10.2. The Bertz CT molecular complexity index is 1290. The Morgan fingerprint density at radius 1 is 0.969 bits per heavy atom. The molecule has 0 aliphatic heterocycles. The number of rotatable bonds is 6. The van der Waals surface area contributed by atoms with Crippen molar-refractivity contribution in [3.63, 3.8) is 0 Å². The Morgan fingerprint density at radius 3 is 2.53 bits per heavy atom. The number of hydrogen-bond donors (Lipinski definition) is 1. The van der Waals surface area contributed by atoms with Crippen molar-refractivity contribution in [2.75, 3.05) is 19.0 Å². The van der Waals surface area contributed by atoms with E-state index in [4.69, 9.17) is 21.3 Å². The lowest BCUT2D eigenvalue weighted by Gasteiger charge is -2.13. The van der Waals surface area contributed by atoms with Crippen molar-refractivity contribution in [2.45, 2.75) is 0 Å². The number of ether oxygens (including phenoxy) is 2. The van der Waals surface area contributed by atoms with Crippen LogP contribution in [0, 0.1) is 0 Å². The molecular weight excluding hydrogens is 428 g/mol. The van der Waals surface area contributed by atoms with Gasteiger partial charge >= 0.3 is 5.97 Å². The second-order valence-corrected chi connectivity index (χ2v) is 7.37. The van der Waals surface area contributed by atoms with E-state index < -0.39 is 5.97 Å². The molecule has 0 saturated heterocycles. The number of methoxy groups -OCH3 is 1. The molecule has 0 aliphatic carbocycles. The van der Waals surface area contributed by atoms with Crippen molar-refractivity contribution < 1.29 is 19.1 Å². The van der Waals surface area contributed by atoms with E-state index in [1.807, 2.05) is 30.3 Å². The summed E-state index contributed by atoms with van der Waals surface area (Å²) in [6.45, 7) is -0.247. The average molecular weight is 447 g/mol. The van der Waals surface area contributed by atoms with Gasteiger partial charge in [0.15, 0.2) is 6.61 Å². The maximum atomic E-state index is 12.6. The molecule has 0 radical (unpaired) electrons. The van der Waals surface area contributed by atoms with Crippen LogP contribution in [0.5, 0.6) is 5.75 Å². The molecular formula is C25H19ClN2O4. The normalized spacial score (nSPS) is 10.6. The molecule has 6 nitrogen and oxygen atoms in total. The Balaban J connectivity index is 1.71. The van der Waals surface area contributed by atoms with Gasteiger partial charge in [0.05, 0.1) is 18.3 Å². The summed E-state index contributed by atoms with van der Waals surface area (Å²) in [7, 11) is 1.30. The predicted molar refractivity (Wildman–Crippen MR) is 124 cm³/mol. The topological polar surface area (TPSA) is 77.5 Å². The van der Waals surface area contributed by atoms with Crippen LogP contribution in [0.1, 0.15) is 10.4 Å².